The van der Waals surface area contributed by atoms with E-state index in [2.05, 4.69) is 5.10 Å². The van der Waals surface area contributed by atoms with Crippen molar-refractivity contribution in [3.05, 3.63) is 11.9 Å². The topological polar surface area (TPSA) is 65.8 Å². The van der Waals surface area contributed by atoms with Gasteiger partial charge in [-0.25, -0.2) is 4.79 Å². The largest absolute Gasteiger partial charge is 0.498 e. The number of fused-ring (bicyclic) bond motifs is 1. The summed E-state index contributed by atoms with van der Waals surface area (Å²) in [6.45, 7) is 15.0. The van der Waals surface area contributed by atoms with Crippen LogP contribution in [0.2, 0.25) is 0 Å². The number of hydrogen-bond donors (Lipinski definition) is 0. The number of carbonyl (C=O) groups excluding carboxylic acids is 1. The Morgan fingerprint density at radius 3 is 2.30 bits per heavy atom. The van der Waals surface area contributed by atoms with Crippen LogP contribution >= 0.6 is 0 Å². The highest BCUT2D eigenvalue weighted by molar-refractivity contribution is 6.62. The average Bonchev–Trinajstić information content (AvgIpc) is 3.06. The van der Waals surface area contributed by atoms with Gasteiger partial charge in [-0.15, -0.1) is 0 Å². The SMILES string of the molecule is CC(C)(C)OC(=O)N1Cc2c(B3OC(C)(C)C(C)(C)O3)cnn2CC12CC2. The van der Waals surface area contributed by atoms with Gasteiger partial charge in [-0.05, 0) is 61.3 Å². The highest BCUT2D eigenvalue weighted by atomic mass is 16.7. The van der Waals surface area contributed by atoms with Crippen molar-refractivity contribution in [2.45, 2.75) is 96.7 Å². The lowest BCUT2D eigenvalue weighted by Gasteiger charge is -2.38. The standard InChI is InChI=1S/C19H30BN3O4/c1-16(2,3)25-15(24)22-11-14-13(10-21-23(14)12-19(22)8-9-19)20-26-17(4,5)18(6,7)27-20/h10H,8-9,11-12H2,1-7H3. The van der Waals surface area contributed by atoms with E-state index in [9.17, 15) is 4.79 Å². The van der Waals surface area contributed by atoms with Crippen LogP contribution in [0.25, 0.3) is 0 Å². The molecule has 0 N–H and O–H groups in total. The molecule has 1 saturated carbocycles. The van der Waals surface area contributed by atoms with E-state index >= 15 is 0 Å². The summed E-state index contributed by atoms with van der Waals surface area (Å²) in [5.41, 5.74) is 0.371. The number of rotatable bonds is 1. The van der Waals surface area contributed by atoms with Crippen LogP contribution in [0.3, 0.4) is 0 Å². The number of carbonyl (C=O) groups is 1. The maximum absolute atomic E-state index is 12.9. The Morgan fingerprint density at radius 1 is 1.19 bits per heavy atom. The Bertz CT molecular complexity index is 760. The quantitative estimate of drug-likeness (QED) is 0.706. The van der Waals surface area contributed by atoms with Crippen LogP contribution in [0.15, 0.2) is 6.20 Å². The first kappa shape index (κ1) is 18.8. The van der Waals surface area contributed by atoms with Gasteiger partial charge in [-0.2, -0.15) is 5.10 Å². The van der Waals surface area contributed by atoms with Gasteiger partial charge < -0.3 is 14.0 Å². The summed E-state index contributed by atoms with van der Waals surface area (Å²) >= 11 is 0. The van der Waals surface area contributed by atoms with Gasteiger partial charge >= 0.3 is 13.2 Å². The molecule has 1 aromatic heterocycles. The first-order valence-electron chi connectivity index (χ1n) is 9.75. The lowest BCUT2D eigenvalue weighted by atomic mass is 9.78. The predicted octanol–water partition coefficient (Wildman–Crippen LogP) is 2.47. The van der Waals surface area contributed by atoms with Crippen LogP contribution in [-0.2, 0) is 27.1 Å². The zero-order valence-electron chi connectivity index (χ0n) is 17.5. The Morgan fingerprint density at radius 2 is 1.78 bits per heavy atom. The third-order valence-corrected chi connectivity index (χ3v) is 6.25. The lowest BCUT2D eigenvalue weighted by Crippen LogP contribution is -2.52. The van der Waals surface area contributed by atoms with Crippen molar-refractivity contribution in [3.63, 3.8) is 0 Å². The van der Waals surface area contributed by atoms with Crippen molar-refractivity contribution in [1.29, 1.82) is 0 Å². The lowest BCUT2D eigenvalue weighted by molar-refractivity contribution is 0.00235. The third kappa shape index (κ3) is 3.07. The summed E-state index contributed by atoms with van der Waals surface area (Å²) in [4.78, 5) is 14.7. The van der Waals surface area contributed by atoms with Crippen LogP contribution in [0.4, 0.5) is 4.79 Å². The minimum Gasteiger partial charge on any atom is -0.444 e. The summed E-state index contributed by atoms with van der Waals surface area (Å²) in [6.07, 6.45) is 3.54. The van der Waals surface area contributed by atoms with Gasteiger partial charge in [0.05, 0.1) is 35.5 Å². The Balaban J connectivity index is 1.62. The second kappa shape index (κ2) is 5.51. The minimum absolute atomic E-state index is 0.158. The van der Waals surface area contributed by atoms with E-state index in [0.29, 0.717) is 13.1 Å². The number of amides is 1. The first-order valence-corrected chi connectivity index (χ1v) is 9.75. The van der Waals surface area contributed by atoms with Gasteiger partial charge in [-0.1, -0.05) is 0 Å². The Labute approximate surface area is 161 Å². The Hall–Kier alpha value is -1.54. The highest BCUT2D eigenvalue weighted by Gasteiger charge is 2.57. The molecule has 1 saturated heterocycles. The highest BCUT2D eigenvalue weighted by Crippen LogP contribution is 2.47. The summed E-state index contributed by atoms with van der Waals surface area (Å²) in [6, 6.07) is 0. The fourth-order valence-corrected chi connectivity index (χ4v) is 3.73. The fourth-order valence-electron chi connectivity index (χ4n) is 3.73. The molecule has 0 aromatic carbocycles. The van der Waals surface area contributed by atoms with Crippen molar-refractivity contribution < 1.29 is 18.8 Å². The molecule has 1 amide bonds. The molecular formula is C19H30BN3O4. The number of hydrogen-bond acceptors (Lipinski definition) is 5. The predicted molar refractivity (Wildman–Crippen MR) is 102 cm³/mol. The third-order valence-electron chi connectivity index (χ3n) is 6.25. The molecule has 1 aliphatic carbocycles. The van der Waals surface area contributed by atoms with Gasteiger partial charge in [0, 0.05) is 11.7 Å². The second-order valence-electron chi connectivity index (χ2n) is 10.1. The Kier molecular flexibility index (Phi) is 3.84. The van der Waals surface area contributed by atoms with E-state index in [0.717, 1.165) is 24.0 Å². The number of aromatic nitrogens is 2. The second-order valence-corrected chi connectivity index (χ2v) is 10.1. The van der Waals surface area contributed by atoms with Crippen molar-refractivity contribution in [3.8, 4) is 0 Å². The molecule has 2 fully saturated rings. The van der Waals surface area contributed by atoms with E-state index < -0.39 is 23.9 Å². The molecule has 8 heteroatoms. The van der Waals surface area contributed by atoms with Crippen LogP contribution in [-0.4, -0.2) is 50.2 Å². The normalized spacial score (nSPS) is 24.9. The van der Waals surface area contributed by atoms with Crippen molar-refractivity contribution in [2.75, 3.05) is 0 Å². The molecule has 4 rings (SSSR count). The van der Waals surface area contributed by atoms with Crippen LogP contribution in [0, 0.1) is 0 Å². The average molecular weight is 375 g/mol. The minimum atomic E-state index is -0.514. The molecule has 0 radical (unpaired) electrons. The molecule has 148 valence electrons. The van der Waals surface area contributed by atoms with E-state index in [1.165, 1.54) is 0 Å². The van der Waals surface area contributed by atoms with Crippen LogP contribution in [0.1, 0.15) is 67.0 Å². The smallest absolute Gasteiger partial charge is 0.444 e. The van der Waals surface area contributed by atoms with Gasteiger partial charge in [-0.3, -0.25) is 9.58 Å². The molecule has 3 aliphatic rings. The summed E-state index contributed by atoms with van der Waals surface area (Å²) in [5.74, 6) is 0. The summed E-state index contributed by atoms with van der Waals surface area (Å²) in [5, 5.41) is 4.58. The number of nitrogens with zero attached hydrogens (tertiary/aromatic N) is 3. The van der Waals surface area contributed by atoms with Crippen molar-refractivity contribution >= 4 is 18.7 Å². The van der Waals surface area contributed by atoms with Crippen LogP contribution < -0.4 is 5.46 Å². The molecular weight excluding hydrogens is 345 g/mol. The van der Waals surface area contributed by atoms with E-state index in [-0.39, 0.29) is 11.6 Å². The van der Waals surface area contributed by atoms with Gasteiger partial charge in [0.15, 0.2) is 0 Å². The van der Waals surface area contributed by atoms with E-state index in [1.54, 1.807) is 0 Å². The zero-order valence-corrected chi connectivity index (χ0v) is 17.5. The molecule has 3 heterocycles. The van der Waals surface area contributed by atoms with E-state index in [1.807, 2.05) is 64.2 Å². The van der Waals surface area contributed by atoms with E-state index in [4.69, 9.17) is 14.0 Å². The van der Waals surface area contributed by atoms with Crippen molar-refractivity contribution in [2.24, 2.45) is 0 Å². The van der Waals surface area contributed by atoms with Crippen molar-refractivity contribution in [1.82, 2.24) is 14.7 Å². The van der Waals surface area contributed by atoms with Gasteiger partial charge in [0.25, 0.3) is 0 Å². The molecule has 27 heavy (non-hydrogen) atoms. The zero-order chi connectivity index (χ0) is 19.8. The maximum atomic E-state index is 12.9. The van der Waals surface area contributed by atoms with Crippen LogP contribution in [0.5, 0.6) is 0 Å². The van der Waals surface area contributed by atoms with Gasteiger partial charge in [0.2, 0.25) is 0 Å². The molecule has 0 atom stereocenters. The summed E-state index contributed by atoms with van der Waals surface area (Å²) in [7, 11) is -0.479. The molecule has 1 aromatic rings. The maximum Gasteiger partial charge on any atom is 0.498 e. The monoisotopic (exact) mass is 375 g/mol. The fraction of sp³-hybridized carbons (Fsp3) is 0.789. The molecule has 2 aliphatic heterocycles. The summed E-state index contributed by atoms with van der Waals surface area (Å²) < 4.78 is 20.1. The van der Waals surface area contributed by atoms with Gasteiger partial charge in [0.1, 0.15) is 5.60 Å². The molecule has 1 spiro atoms. The first-order chi connectivity index (χ1) is 12.3. The molecule has 0 bridgehead atoms. The number of ether oxygens (including phenoxy) is 1. The molecule has 7 nitrogen and oxygen atoms in total. The molecule has 0 unspecified atom stereocenters.